The lowest BCUT2D eigenvalue weighted by Crippen LogP contribution is -2.29. The van der Waals surface area contributed by atoms with Gasteiger partial charge >= 0.3 is 5.97 Å². The van der Waals surface area contributed by atoms with Gasteiger partial charge in [0, 0.05) is 13.6 Å². The third-order valence-electron chi connectivity index (χ3n) is 2.62. The van der Waals surface area contributed by atoms with Crippen LogP contribution in [0.15, 0.2) is 35.2 Å². The van der Waals surface area contributed by atoms with E-state index in [0.29, 0.717) is 11.1 Å². The number of carboxylic acid groups (broad SMARTS) is 1. The number of rotatable bonds is 5. The molecule has 0 amide bonds. The van der Waals surface area contributed by atoms with Crippen molar-refractivity contribution in [2.75, 3.05) is 13.6 Å². The Labute approximate surface area is 113 Å². The van der Waals surface area contributed by atoms with Crippen LogP contribution in [0.4, 0.5) is 0 Å². The second-order valence-corrected chi connectivity index (χ2v) is 6.52. The monoisotopic (exact) mass is 283 g/mol. The summed E-state index contributed by atoms with van der Waals surface area (Å²) in [5.41, 5.74) is 1.17. The summed E-state index contributed by atoms with van der Waals surface area (Å²) in [5, 5.41) is 8.93. The van der Waals surface area contributed by atoms with Crippen LogP contribution in [0.5, 0.6) is 0 Å². The molecule has 1 rings (SSSR count). The zero-order chi connectivity index (χ0) is 14.8. The van der Waals surface area contributed by atoms with Crippen molar-refractivity contribution in [1.29, 1.82) is 0 Å². The van der Waals surface area contributed by atoms with E-state index in [1.807, 2.05) is 0 Å². The van der Waals surface area contributed by atoms with Crippen LogP contribution in [0.1, 0.15) is 22.8 Å². The SMILES string of the molecule is C=C(C)CN(C)S(=O)(=O)c1cc(C(=O)O)ccc1C. The summed E-state index contributed by atoms with van der Waals surface area (Å²) in [4.78, 5) is 10.9. The number of aryl methyl sites for hydroxylation is 1. The summed E-state index contributed by atoms with van der Waals surface area (Å²) in [6.45, 7) is 7.22. The highest BCUT2D eigenvalue weighted by Crippen LogP contribution is 2.21. The van der Waals surface area contributed by atoms with Crippen molar-refractivity contribution in [1.82, 2.24) is 4.31 Å². The van der Waals surface area contributed by atoms with Crippen LogP contribution in [0, 0.1) is 6.92 Å². The van der Waals surface area contributed by atoms with Crippen molar-refractivity contribution in [3.8, 4) is 0 Å². The maximum atomic E-state index is 12.4. The molecule has 0 aliphatic heterocycles. The van der Waals surface area contributed by atoms with Crippen molar-refractivity contribution in [2.45, 2.75) is 18.7 Å². The molecule has 104 valence electrons. The zero-order valence-corrected chi connectivity index (χ0v) is 12.0. The highest BCUT2D eigenvalue weighted by atomic mass is 32.2. The fourth-order valence-corrected chi connectivity index (χ4v) is 3.12. The molecule has 0 saturated carbocycles. The predicted molar refractivity (Wildman–Crippen MR) is 72.8 cm³/mol. The Morgan fingerprint density at radius 2 is 2.00 bits per heavy atom. The van der Waals surface area contributed by atoms with Gasteiger partial charge in [0.15, 0.2) is 0 Å². The standard InChI is InChI=1S/C13H17NO4S/c1-9(2)8-14(4)19(17,18)12-7-11(13(15)16)6-5-10(12)3/h5-7H,1,8H2,2-4H3,(H,15,16). The number of hydrogen-bond acceptors (Lipinski definition) is 3. The molecule has 0 heterocycles. The first kappa shape index (κ1) is 15.4. The largest absolute Gasteiger partial charge is 0.478 e. The molecule has 0 spiro atoms. The normalized spacial score (nSPS) is 11.6. The molecule has 1 aromatic carbocycles. The number of nitrogens with zero attached hydrogens (tertiary/aromatic N) is 1. The fourth-order valence-electron chi connectivity index (χ4n) is 1.64. The van der Waals surface area contributed by atoms with E-state index < -0.39 is 16.0 Å². The van der Waals surface area contributed by atoms with Crippen LogP contribution in [0.3, 0.4) is 0 Å². The molecule has 0 aromatic heterocycles. The first-order valence-corrected chi connectivity index (χ1v) is 7.05. The molecule has 1 N–H and O–H groups in total. The van der Waals surface area contributed by atoms with Crippen molar-refractivity contribution in [3.05, 3.63) is 41.5 Å². The van der Waals surface area contributed by atoms with Gasteiger partial charge in [0.1, 0.15) is 0 Å². The number of aromatic carboxylic acids is 1. The van der Waals surface area contributed by atoms with E-state index in [1.165, 1.54) is 25.2 Å². The lowest BCUT2D eigenvalue weighted by molar-refractivity contribution is 0.0696. The number of carboxylic acids is 1. The van der Waals surface area contributed by atoms with Crippen molar-refractivity contribution < 1.29 is 18.3 Å². The Kier molecular flexibility index (Phi) is 4.49. The lowest BCUT2D eigenvalue weighted by atomic mass is 10.1. The molecule has 0 saturated heterocycles. The van der Waals surface area contributed by atoms with E-state index in [2.05, 4.69) is 6.58 Å². The van der Waals surface area contributed by atoms with Crippen molar-refractivity contribution >= 4 is 16.0 Å². The number of carbonyl (C=O) groups is 1. The Hall–Kier alpha value is -1.66. The van der Waals surface area contributed by atoms with Crippen molar-refractivity contribution in [3.63, 3.8) is 0 Å². The summed E-state index contributed by atoms with van der Waals surface area (Å²) < 4.78 is 25.9. The zero-order valence-electron chi connectivity index (χ0n) is 11.2. The van der Waals surface area contributed by atoms with Crippen LogP contribution >= 0.6 is 0 Å². The van der Waals surface area contributed by atoms with Gasteiger partial charge in [-0.15, -0.1) is 0 Å². The first-order chi connectivity index (χ1) is 8.66. The molecule has 0 atom stereocenters. The summed E-state index contributed by atoms with van der Waals surface area (Å²) in [6, 6.07) is 4.06. The minimum Gasteiger partial charge on any atom is -0.478 e. The van der Waals surface area contributed by atoms with Crippen LogP contribution < -0.4 is 0 Å². The molecule has 1 aromatic rings. The lowest BCUT2D eigenvalue weighted by Gasteiger charge is -2.18. The van der Waals surface area contributed by atoms with Gasteiger partial charge in [0.2, 0.25) is 10.0 Å². The number of benzene rings is 1. The second kappa shape index (κ2) is 5.54. The van der Waals surface area contributed by atoms with E-state index in [-0.39, 0.29) is 17.0 Å². The summed E-state index contributed by atoms with van der Waals surface area (Å²) in [5.74, 6) is -1.15. The molecule has 19 heavy (non-hydrogen) atoms. The molecule has 0 bridgehead atoms. The van der Waals surface area contributed by atoms with E-state index in [9.17, 15) is 13.2 Å². The van der Waals surface area contributed by atoms with Crippen LogP contribution in [-0.4, -0.2) is 37.4 Å². The average molecular weight is 283 g/mol. The average Bonchev–Trinajstić information content (AvgIpc) is 2.27. The summed E-state index contributed by atoms with van der Waals surface area (Å²) in [6.07, 6.45) is 0. The Morgan fingerprint density at radius 1 is 1.42 bits per heavy atom. The van der Waals surface area contributed by atoms with Crippen LogP contribution in [0.25, 0.3) is 0 Å². The van der Waals surface area contributed by atoms with Gasteiger partial charge in [-0.1, -0.05) is 18.2 Å². The summed E-state index contributed by atoms with van der Waals surface area (Å²) in [7, 11) is -2.27. The fraction of sp³-hybridized carbons (Fsp3) is 0.308. The minimum absolute atomic E-state index is 0.0103. The Bertz CT molecular complexity index is 620. The number of likely N-dealkylation sites (N-methyl/N-ethyl adjacent to an activating group) is 1. The number of sulfonamides is 1. The van der Waals surface area contributed by atoms with Gasteiger partial charge < -0.3 is 5.11 Å². The number of hydrogen-bond donors (Lipinski definition) is 1. The van der Waals surface area contributed by atoms with Crippen molar-refractivity contribution in [2.24, 2.45) is 0 Å². The topological polar surface area (TPSA) is 74.7 Å². The van der Waals surface area contributed by atoms with Gasteiger partial charge in [-0.05, 0) is 31.5 Å². The maximum Gasteiger partial charge on any atom is 0.335 e. The smallest absolute Gasteiger partial charge is 0.335 e. The first-order valence-electron chi connectivity index (χ1n) is 5.61. The molecule has 0 aliphatic rings. The highest BCUT2D eigenvalue weighted by Gasteiger charge is 2.23. The van der Waals surface area contributed by atoms with Gasteiger partial charge in [-0.2, -0.15) is 4.31 Å². The highest BCUT2D eigenvalue weighted by molar-refractivity contribution is 7.89. The molecule has 0 radical (unpaired) electrons. The third-order valence-corrected chi connectivity index (χ3v) is 4.56. The van der Waals surface area contributed by atoms with Gasteiger partial charge in [0.05, 0.1) is 10.5 Å². The second-order valence-electron chi connectivity index (χ2n) is 4.50. The minimum atomic E-state index is -3.71. The van der Waals surface area contributed by atoms with E-state index in [4.69, 9.17) is 5.11 Å². The van der Waals surface area contributed by atoms with Gasteiger partial charge in [0.25, 0.3) is 0 Å². The molecule has 6 heteroatoms. The molecular formula is C13H17NO4S. The Morgan fingerprint density at radius 3 is 2.47 bits per heavy atom. The third kappa shape index (κ3) is 3.42. The molecular weight excluding hydrogens is 266 g/mol. The van der Waals surface area contributed by atoms with Crippen LogP contribution in [-0.2, 0) is 10.0 Å². The van der Waals surface area contributed by atoms with Gasteiger partial charge in [-0.3, -0.25) is 0 Å². The van der Waals surface area contributed by atoms with Crippen LogP contribution in [0.2, 0.25) is 0 Å². The summed E-state index contributed by atoms with van der Waals surface area (Å²) >= 11 is 0. The molecule has 0 fully saturated rings. The van der Waals surface area contributed by atoms with E-state index >= 15 is 0 Å². The van der Waals surface area contributed by atoms with Gasteiger partial charge in [-0.25, -0.2) is 13.2 Å². The quantitative estimate of drug-likeness (QED) is 0.837. The van der Waals surface area contributed by atoms with E-state index in [0.717, 1.165) is 4.31 Å². The molecule has 0 aliphatic carbocycles. The molecule has 5 nitrogen and oxygen atoms in total. The van der Waals surface area contributed by atoms with E-state index in [1.54, 1.807) is 13.8 Å². The predicted octanol–water partition coefficient (Wildman–Crippen LogP) is 1.89. The maximum absolute atomic E-state index is 12.4. The molecule has 0 unspecified atom stereocenters. The Balaban J connectivity index is 3.31.